The van der Waals surface area contributed by atoms with Crippen molar-refractivity contribution in [2.45, 2.75) is 26.9 Å². The van der Waals surface area contributed by atoms with Gasteiger partial charge >= 0.3 is 35.5 Å². The molecule has 2 N–H and O–H groups in total. The molecule has 0 fully saturated rings. The van der Waals surface area contributed by atoms with Crippen LogP contribution in [0.25, 0.3) is 0 Å². The minimum atomic E-state index is -1.28. The predicted molar refractivity (Wildman–Crippen MR) is 137 cm³/mol. The number of nitro groups is 2. The van der Waals surface area contributed by atoms with E-state index in [9.17, 15) is 49.6 Å². The van der Waals surface area contributed by atoms with E-state index in [0.717, 1.165) is 22.2 Å². The monoisotopic (exact) mass is 598 g/mol. The van der Waals surface area contributed by atoms with Crippen LogP contribution in [0, 0.1) is 34.1 Å². The van der Waals surface area contributed by atoms with E-state index in [4.69, 9.17) is 9.47 Å². The largest absolute Gasteiger partial charge is 0.480 e. The zero-order valence-corrected chi connectivity index (χ0v) is 22.8. The van der Waals surface area contributed by atoms with Crippen molar-refractivity contribution in [3.8, 4) is 0 Å². The molecule has 0 amide bonds. The second kappa shape index (κ2) is 15.7. The van der Waals surface area contributed by atoms with Crippen LogP contribution in [0.1, 0.15) is 11.6 Å². The molecule has 0 atom stereocenters. The fourth-order valence-corrected chi connectivity index (χ4v) is 3.81. The SMILES string of the molecule is Cc1ncc([N+](=O)[O-])n1CCOC(=O)CN(CCN(CC(=O)O)CC(=O)OCCn1c([N+](=O)[O-])cnc1C)CC(=O)O. The zero-order valence-electron chi connectivity index (χ0n) is 22.8. The first kappa shape index (κ1) is 33.2. The third-order valence-electron chi connectivity index (χ3n) is 5.75. The Morgan fingerprint density at radius 3 is 1.43 bits per heavy atom. The molecule has 0 bridgehead atoms. The average Bonchev–Trinajstić information content (AvgIpc) is 3.44. The summed E-state index contributed by atoms with van der Waals surface area (Å²) >= 11 is 0. The molecular weight excluding hydrogens is 568 g/mol. The fraction of sp³-hybridized carbons (Fsp3) is 0.545. The number of carbonyl (C=O) groups excluding carboxylic acids is 2. The minimum absolute atomic E-state index is 0.0604. The highest BCUT2D eigenvalue weighted by molar-refractivity contribution is 5.74. The molecule has 230 valence electrons. The van der Waals surface area contributed by atoms with Gasteiger partial charge in [0.15, 0.2) is 11.6 Å². The van der Waals surface area contributed by atoms with Crippen molar-refractivity contribution in [1.29, 1.82) is 0 Å². The van der Waals surface area contributed by atoms with Crippen LogP contribution in [0.2, 0.25) is 0 Å². The molecule has 0 saturated carbocycles. The molecule has 0 aliphatic rings. The van der Waals surface area contributed by atoms with Crippen molar-refractivity contribution in [3.63, 3.8) is 0 Å². The molecule has 0 aromatic carbocycles. The summed E-state index contributed by atoms with van der Waals surface area (Å²) in [6, 6.07) is 0. The van der Waals surface area contributed by atoms with E-state index in [1.54, 1.807) is 0 Å². The van der Waals surface area contributed by atoms with E-state index in [1.807, 2.05) is 0 Å². The third-order valence-corrected chi connectivity index (χ3v) is 5.75. The number of nitrogens with zero attached hydrogens (tertiary/aromatic N) is 8. The Balaban J connectivity index is 1.89. The van der Waals surface area contributed by atoms with E-state index < -0.39 is 59.9 Å². The number of carboxylic acids is 2. The first-order valence-corrected chi connectivity index (χ1v) is 12.3. The number of aryl methyl sites for hydroxylation is 2. The van der Waals surface area contributed by atoms with E-state index in [1.165, 1.54) is 23.0 Å². The maximum atomic E-state index is 12.3. The molecular formula is C22H30N8O12. The van der Waals surface area contributed by atoms with Gasteiger partial charge in [-0.05, 0) is 9.85 Å². The molecule has 0 aliphatic carbocycles. The topological polar surface area (TPSA) is 256 Å². The highest BCUT2D eigenvalue weighted by Gasteiger charge is 2.22. The molecule has 0 radical (unpaired) electrons. The van der Waals surface area contributed by atoms with Gasteiger partial charge in [-0.1, -0.05) is 0 Å². The Bertz CT molecular complexity index is 1210. The van der Waals surface area contributed by atoms with E-state index in [2.05, 4.69) is 9.97 Å². The summed E-state index contributed by atoms with van der Waals surface area (Å²) in [5.74, 6) is -4.12. The van der Waals surface area contributed by atoms with Gasteiger partial charge in [0, 0.05) is 26.9 Å². The van der Waals surface area contributed by atoms with Crippen molar-refractivity contribution in [2.24, 2.45) is 0 Å². The standard InChI is InChI=1S/C22H30N8O12/c1-15-23-9-17(29(37)38)27(15)5-7-41-21(35)13-25(11-19(31)32)3-4-26(12-20(33)34)14-22(36)42-8-6-28-16(2)24-10-18(28)30(39)40/h9-10H,3-8,11-14H2,1-2H3,(H,31,32)(H,33,34). The maximum absolute atomic E-state index is 12.3. The Morgan fingerprint density at radius 1 is 0.762 bits per heavy atom. The number of ether oxygens (including phenoxy) is 2. The highest BCUT2D eigenvalue weighted by atomic mass is 16.6. The normalized spacial score (nSPS) is 11.0. The lowest BCUT2D eigenvalue weighted by molar-refractivity contribution is -0.392. The molecule has 2 aromatic rings. The molecule has 20 nitrogen and oxygen atoms in total. The van der Waals surface area contributed by atoms with Crippen LogP contribution < -0.4 is 0 Å². The number of imidazole rings is 2. The van der Waals surface area contributed by atoms with Crippen LogP contribution in [-0.2, 0) is 41.7 Å². The van der Waals surface area contributed by atoms with Crippen LogP contribution in [-0.4, -0.2) is 125 Å². The van der Waals surface area contributed by atoms with Gasteiger partial charge in [0.2, 0.25) is 0 Å². The summed E-state index contributed by atoms with van der Waals surface area (Å²) in [5, 5.41) is 40.6. The van der Waals surface area contributed by atoms with Crippen molar-refractivity contribution in [1.82, 2.24) is 28.9 Å². The molecule has 0 unspecified atom stereocenters. The molecule has 0 spiro atoms. The van der Waals surface area contributed by atoms with E-state index in [-0.39, 0.29) is 51.0 Å². The molecule has 2 heterocycles. The Labute approximate surface area is 237 Å². The summed E-state index contributed by atoms with van der Waals surface area (Å²) in [6.45, 7) is -0.0353. The number of carboxylic acid groups (broad SMARTS) is 2. The minimum Gasteiger partial charge on any atom is -0.480 e. The smallest absolute Gasteiger partial charge is 0.342 e. The molecule has 2 aromatic heterocycles. The Kier molecular flexibility index (Phi) is 12.4. The van der Waals surface area contributed by atoms with Gasteiger partial charge in [0.05, 0.1) is 26.2 Å². The van der Waals surface area contributed by atoms with Gasteiger partial charge in [-0.25, -0.2) is 19.1 Å². The fourth-order valence-electron chi connectivity index (χ4n) is 3.81. The van der Waals surface area contributed by atoms with E-state index in [0.29, 0.717) is 11.6 Å². The van der Waals surface area contributed by atoms with Gasteiger partial charge in [-0.3, -0.25) is 29.0 Å². The highest BCUT2D eigenvalue weighted by Crippen LogP contribution is 2.14. The van der Waals surface area contributed by atoms with Crippen molar-refractivity contribution in [2.75, 3.05) is 52.5 Å². The summed E-state index contributed by atoms with van der Waals surface area (Å²) in [7, 11) is 0. The van der Waals surface area contributed by atoms with Gasteiger partial charge in [0.25, 0.3) is 0 Å². The van der Waals surface area contributed by atoms with Crippen molar-refractivity contribution >= 4 is 35.5 Å². The summed E-state index contributed by atoms with van der Waals surface area (Å²) in [5.41, 5.74) is 0. The predicted octanol–water partition coefficient (Wildman–Crippen LogP) is -0.927. The van der Waals surface area contributed by atoms with Gasteiger partial charge in [-0.2, -0.15) is 0 Å². The summed E-state index contributed by atoms with van der Waals surface area (Å²) in [6.07, 6.45) is 2.13. The van der Waals surface area contributed by atoms with Crippen LogP contribution in [0.5, 0.6) is 0 Å². The van der Waals surface area contributed by atoms with Gasteiger partial charge in [-0.15, -0.1) is 0 Å². The van der Waals surface area contributed by atoms with Crippen LogP contribution >= 0.6 is 0 Å². The Hall–Kier alpha value is -4.98. The Morgan fingerprint density at radius 2 is 1.12 bits per heavy atom. The van der Waals surface area contributed by atoms with Crippen LogP contribution in [0.3, 0.4) is 0 Å². The van der Waals surface area contributed by atoms with Crippen LogP contribution in [0.15, 0.2) is 12.4 Å². The van der Waals surface area contributed by atoms with Gasteiger partial charge < -0.3 is 39.9 Å². The first-order valence-electron chi connectivity index (χ1n) is 12.3. The number of hydrogen-bond donors (Lipinski definition) is 2. The molecule has 0 saturated heterocycles. The number of hydrogen-bond acceptors (Lipinski definition) is 14. The lowest BCUT2D eigenvalue weighted by Gasteiger charge is -2.24. The average molecular weight is 599 g/mol. The van der Waals surface area contributed by atoms with Crippen LogP contribution in [0.4, 0.5) is 11.6 Å². The van der Waals surface area contributed by atoms with Crippen molar-refractivity contribution in [3.05, 3.63) is 44.3 Å². The number of aromatic nitrogens is 4. The molecule has 2 rings (SSSR count). The number of rotatable bonds is 19. The molecule has 20 heteroatoms. The number of carbonyl (C=O) groups is 4. The van der Waals surface area contributed by atoms with E-state index >= 15 is 0 Å². The lowest BCUT2D eigenvalue weighted by Crippen LogP contribution is -2.44. The van der Waals surface area contributed by atoms with Gasteiger partial charge in [0.1, 0.15) is 38.7 Å². The second-order valence-corrected chi connectivity index (χ2v) is 8.79. The summed E-state index contributed by atoms with van der Waals surface area (Å²) in [4.78, 5) is 78.1. The maximum Gasteiger partial charge on any atom is 0.342 e. The number of aliphatic carboxylic acids is 2. The first-order chi connectivity index (χ1) is 19.8. The lowest BCUT2D eigenvalue weighted by atomic mass is 10.4. The third kappa shape index (κ3) is 10.5. The zero-order chi connectivity index (χ0) is 31.4. The summed E-state index contributed by atoms with van der Waals surface area (Å²) < 4.78 is 12.6. The molecule has 0 aliphatic heterocycles. The van der Waals surface area contributed by atoms with Crippen molar-refractivity contribution < 1.29 is 48.7 Å². The second-order valence-electron chi connectivity index (χ2n) is 8.79. The quantitative estimate of drug-likeness (QED) is 0.112. The number of esters is 2. The molecule has 42 heavy (non-hydrogen) atoms.